The van der Waals surface area contributed by atoms with Crippen molar-refractivity contribution in [2.24, 2.45) is 5.92 Å². The highest BCUT2D eigenvalue weighted by Crippen LogP contribution is 2.35. The topological polar surface area (TPSA) is 82.5 Å². The summed E-state index contributed by atoms with van der Waals surface area (Å²) in [6.07, 6.45) is 11.5. The van der Waals surface area contributed by atoms with Gasteiger partial charge in [-0.25, -0.2) is 15.0 Å². The first kappa shape index (κ1) is 22.8. The molecule has 0 atom stereocenters. The third kappa shape index (κ3) is 5.06. The predicted octanol–water partition coefficient (Wildman–Crippen LogP) is 4.01. The molecule has 1 aliphatic heterocycles. The Labute approximate surface area is 200 Å². The summed E-state index contributed by atoms with van der Waals surface area (Å²) >= 11 is 0. The fraction of sp³-hybridized carbons (Fsp3) is 0.538. The summed E-state index contributed by atoms with van der Waals surface area (Å²) in [5.41, 5.74) is 3.86. The Morgan fingerprint density at radius 2 is 1.79 bits per heavy atom. The molecule has 34 heavy (non-hydrogen) atoms. The lowest BCUT2D eigenvalue weighted by atomic mass is 9.84. The fourth-order valence-corrected chi connectivity index (χ4v) is 4.96. The number of aryl methyl sites for hydroxylation is 1. The monoisotopic (exact) mass is 463 g/mol. The van der Waals surface area contributed by atoms with Crippen LogP contribution in [0.25, 0.3) is 11.0 Å². The number of hydrogen-bond donors (Lipinski definition) is 0. The third-order valence-corrected chi connectivity index (χ3v) is 6.88. The maximum Gasteiger partial charge on any atom is 0.158 e. The average Bonchev–Trinajstić information content (AvgIpc) is 2.90. The lowest BCUT2D eigenvalue weighted by Gasteiger charge is -2.31. The molecular weight excluding hydrogens is 430 g/mol. The third-order valence-electron chi connectivity index (χ3n) is 6.88. The molecule has 0 bridgehead atoms. The number of ether oxygens (including phenoxy) is 3. The highest BCUT2D eigenvalue weighted by atomic mass is 16.5. The zero-order valence-corrected chi connectivity index (χ0v) is 20.1. The summed E-state index contributed by atoms with van der Waals surface area (Å²) in [4.78, 5) is 20.6. The summed E-state index contributed by atoms with van der Waals surface area (Å²) in [5, 5.41) is 0. The SMILES string of the molecule is CCc1ncc(OC)c(CC2CCC(Oc3cc(N4CCOCC4)cc4nccnc34)CC2)n1. The van der Waals surface area contributed by atoms with Crippen LogP contribution < -0.4 is 14.4 Å². The molecule has 1 aliphatic carbocycles. The number of fused-ring (bicyclic) bond motifs is 1. The van der Waals surface area contributed by atoms with E-state index in [-0.39, 0.29) is 6.10 Å². The molecule has 2 aromatic heterocycles. The Morgan fingerprint density at radius 3 is 2.56 bits per heavy atom. The van der Waals surface area contributed by atoms with Crippen molar-refractivity contribution in [2.45, 2.75) is 51.6 Å². The van der Waals surface area contributed by atoms with Gasteiger partial charge in [-0.15, -0.1) is 0 Å². The smallest absolute Gasteiger partial charge is 0.158 e. The molecule has 8 heteroatoms. The molecule has 0 spiro atoms. The van der Waals surface area contributed by atoms with Gasteiger partial charge in [0.05, 0.1) is 43.8 Å². The molecule has 1 saturated heterocycles. The van der Waals surface area contributed by atoms with E-state index in [1.807, 2.05) is 6.20 Å². The van der Waals surface area contributed by atoms with E-state index in [4.69, 9.17) is 19.2 Å². The Morgan fingerprint density at radius 1 is 1.00 bits per heavy atom. The molecule has 3 aromatic rings. The molecule has 1 aromatic carbocycles. The van der Waals surface area contributed by atoms with Crippen LogP contribution in [0.15, 0.2) is 30.7 Å². The molecule has 1 saturated carbocycles. The van der Waals surface area contributed by atoms with Crippen molar-refractivity contribution < 1.29 is 14.2 Å². The van der Waals surface area contributed by atoms with Gasteiger partial charge in [0.1, 0.15) is 17.1 Å². The first-order valence-corrected chi connectivity index (χ1v) is 12.4. The van der Waals surface area contributed by atoms with E-state index in [0.717, 1.165) is 105 Å². The number of aromatic nitrogens is 4. The number of morpholine rings is 1. The molecule has 0 N–H and O–H groups in total. The summed E-state index contributed by atoms with van der Waals surface area (Å²) in [5.74, 6) is 3.08. The van der Waals surface area contributed by atoms with Crippen LogP contribution in [0.4, 0.5) is 5.69 Å². The maximum atomic E-state index is 6.57. The molecular formula is C26H33N5O3. The number of rotatable bonds is 7. The van der Waals surface area contributed by atoms with Gasteiger partial charge in [-0.05, 0) is 44.1 Å². The van der Waals surface area contributed by atoms with E-state index in [1.54, 1.807) is 19.5 Å². The van der Waals surface area contributed by atoms with Gasteiger partial charge >= 0.3 is 0 Å². The van der Waals surface area contributed by atoms with Crippen molar-refractivity contribution in [3.63, 3.8) is 0 Å². The van der Waals surface area contributed by atoms with Crippen molar-refractivity contribution in [3.05, 3.63) is 42.2 Å². The zero-order chi connectivity index (χ0) is 23.3. The van der Waals surface area contributed by atoms with Crippen LogP contribution in [0, 0.1) is 5.92 Å². The minimum absolute atomic E-state index is 0.180. The van der Waals surface area contributed by atoms with E-state index in [2.05, 4.69) is 38.9 Å². The van der Waals surface area contributed by atoms with Crippen LogP contribution >= 0.6 is 0 Å². The summed E-state index contributed by atoms with van der Waals surface area (Å²) < 4.78 is 17.6. The summed E-state index contributed by atoms with van der Waals surface area (Å²) in [6, 6.07) is 4.24. The van der Waals surface area contributed by atoms with Crippen LogP contribution in [-0.4, -0.2) is 59.5 Å². The second-order valence-electron chi connectivity index (χ2n) is 9.09. The molecule has 180 valence electrons. The quantitative estimate of drug-likeness (QED) is 0.520. The van der Waals surface area contributed by atoms with E-state index in [9.17, 15) is 0 Å². The molecule has 2 aliphatic rings. The van der Waals surface area contributed by atoms with Crippen molar-refractivity contribution >= 4 is 16.7 Å². The predicted molar refractivity (Wildman–Crippen MR) is 131 cm³/mol. The highest BCUT2D eigenvalue weighted by molar-refractivity contribution is 5.85. The number of hydrogen-bond acceptors (Lipinski definition) is 8. The molecule has 0 radical (unpaired) electrons. The van der Waals surface area contributed by atoms with Gasteiger partial charge < -0.3 is 19.1 Å². The molecule has 3 heterocycles. The van der Waals surface area contributed by atoms with E-state index >= 15 is 0 Å². The normalized spacial score (nSPS) is 20.9. The van der Waals surface area contributed by atoms with Gasteiger partial charge in [0.2, 0.25) is 0 Å². The number of nitrogens with zero attached hydrogens (tertiary/aromatic N) is 5. The maximum absolute atomic E-state index is 6.57. The number of methoxy groups -OCH3 is 1. The summed E-state index contributed by atoms with van der Waals surface area (Å²) in [7, 11) is 1.69. The molecule has 0 amide bonds. The Kier molecular flexibility index (Phi) is 7.04. The zero-order valence-electron chi connectivity index (χ0n) is 20.1. The van der Waals surface area contributed by atoms with Gasteiger partial charge in [-0.1, -0.05) is 6.92 Å². The van der Waals surface area contributed by atoms with Crippen LogP contribution in [0.5, 0.6) is 11.5 Å². The Hall–Kier alpha value is -3.00. The Bertz CT molecular complexity index is 1110. The first-order chi connectivity index (χ1) is 16.7. The number of anilines is 1. The lowest BCUT2D eigenvalue weighted by molar-refractivity contribution is 0.122. The second-order valence-corrected chi connectivity index (χ2v) is 9.09. The van der Waals surface area contributed by atoms with Crippen molar-refractivity contribution in [1.82, 2.24) is 19.9 Å². The van der Waals surface area contributed by atoms with Crippen LogP contribution in [-0.2, 0) is 17.6 Å². The fourth-order valence-electron chi connectivity index (χ4n) is 4.96. The summed E-state index contributed by atoms with van der Waals surface area (Å²) in [6.45, 7) is 5.33. The average molecular weight is 464 g/mol. The number of benzene rings is 1. The molecule has 0 unspecified atom stereocenters. The van der Waals surface area contributed by atoms with Crippen molar-refractivity contribution in [2.75, 3.05) is 38.3 Å². The largest absolute Gasteiger partial charge is 0.493 e. The van der Waals surface area contributed by atoms with Gasteiger partial charge in [-0.2, -0.15) is 0 Å². The van der Waals surface area contributed by atoms with Gasteiger partial charge in [0.15, 0.2) is 5.75 Å². The van der Waals surface area contributed by atoms with Crippen molar-refractivity contribution in [1.29, 1.82) is 0 Å². The Balaban J connectivity index is 1.27. The van der Waals surface area contributed by atoms with Gasteiger partial charge in [-0.3, -0.25) is 4.98 Å². The minimum atomic E-state index is 0.180. The molecule has 2 fully saturated rings. The van der Waals surface area contributed by atoms with Crippen molar-refractivity contribution in [3.8, 4) is 11.5 Å². The standard InChI is InChI=1S/C26H33N5O3/c1-3-25-29-17-24(32-2)21(30-25)14-18-4-6-20(7-5-18)34-23-16-19(31-10-12-33-13-11-31)15-22-26(23)28-9-8-27-22/h8-9,15-18,20H,3-7,10-14H2,1-2H3. The van der Waals surface area contributed by atoms with Gasteiger partial charge in [0.25, 0.3) is 0 Å². The first-order valence-electron chi connectivity index (χ1n) is 12.4. The van der Waals surface area contributed by atoms with Crippen LogP contribution in [0.1, 0.15) is 44.1 Å². The van der Waals surface area contributed by atoms with E-state index in [1.165, 1.54) is 0 Å². The van der Waals surface area contributed by atoms with E-state index < -0.39 is 0 Å². The van der Waals surface area contributed by atoms with E-state index in [0.29, 0.717) is 5.92 Å². The molecule has 5 rings (SSSR count). The van der Waals surface area contributed by atoms with Gasteiger partial charge in [0, 0.05) is 43.7 Å². The highest BCUT2D eigenvalue weighted by Gasteiger charge is 2.25. The van der Waals surface area contributed by atoms with Crippen LogP contribution in [0.3, 0.4) is 0 Å². The molecule has 8 nitrogen and oxygen atoms in total. The second kappa shape index (κ2) is 10.5. The van der Waals surface area contributed by atoms with Crippen LogP contribution in [0.2, 0.25) is 0 Å². The minimum Gasteiger partial charge on any atom is -0.493 e. The lowest BCUT2D eigenvalue weighted by Crippen LogP contribution is -2.36.